The molecular weight excluding hydrogens is 1680 g/mol. The summed E-state index contributed by atoms with van der Waals surface area (Å²) in [5, 5.41) is 16.7. The first kappa shape index (κ1) is 85.2. The Kier molecular flexibility index (Phi) is 18.6. The zero-order valence-corrected chi connectivity index (χ0v) is 80.2. The second kappa shape index (κ2) is 29.7. The van der Waals surface area contributed by atoms with Gasteiger partial charge in [0.15, 0.2) is 10.9 Å². The Morgan fingerprint density at radius 1 is 0.228 bits per heavy atom. The first-order valence-electron chi connectivity index (χ1n) is 47.5. The molecule has 0 unspecified atom stereocenters. The fourth-order valence-corrected chi connectivity index (χ4v) is 22.2. The van der Waals surface area contributed by atoms with E-state index in [-0.39, 0.29) is 77.7 Å². The molecule has 14 nitrogen and oxygen atoms in total. The van der Waals surface area contributed by atoms with E-state index in [0.717, 1.165) is 98.4 Å². The predicted octanol–water partition coefficient (Wildman–Crippen LogP) is 30.6. The topological polar surface area (TPSA) is 181 Å². The summed E-state index contributed by atoms with van der Waals surface area (Å²) in [5.74, 6) is 3.62. The van der Waals surface area contributed by atoms with E-state index in [1.807, 2.05) is 133 Å². The van der Waals surface area contributed by atoms with Crippen molar-refractivity contribution < 1.29 is 18.9 Å². The highest BCUT2D eigenvalue weighted by atomic mass is 16.5. The molecule has 0 bridgehead atoms. The third kappa shape index (κ3) is 12.6. The summed E-state index contributed by atoms with van der Waals surface area (Å²) in [7, 11) is 0. The van der Waals surface area contributed by atoms with Crippen molar-refractivity contribution >= 4 is 173 Å². The van der Waals surface area contributed by atoms with E-state index in [0.29, 0.717) is 155 Å². The summed E-state index contributed by atoms with van der Waals surface area (Å²) >= 11 is 0. The van der Waals surface area contributed by atoms with Crippen molar-refractivity contribution in [3.05, 3.63) is 337 Å². The lowest BCUT2D eigenvalue weighted by Gasteiger charge is -2.25. The average Bonchev–Trinajstić information content (AvgIpc) is 0.678. The minimum absolute atomic E-state index is 0.0478. The molecule has 0 amide bonds. The van der Waals surface area contributed by atoms with Crippen LogP contribution in [0.2, 0.25) is 0 Å². The number of ether oxygens (including phenoxy) is 4. The van der Waals surface area contributed by atoms with Gasteiger partial charge in [-0.25, -0.2) is 9.13 Å². The molecule has 19 aromatic carbocycles. The van der Waals surface area contributed by atoms with Gasteiger partial charge in [0.05, 0.1) is 54.7 Å². The van der Waals surface area contributed by atoms with Crippen LogP contribution >= 0.6 is 0 Å². The van der Waals surface area contributed by atoms with Crippen LogP contribution in [0, 0.1) is 0 Å². The van der Waals surface area contributed by atoms with E-state index in [9.17, 15) is 0 Å². The van der Waals surface area contributed by atoms with Crippen LogP contribution in [0.1, 0.15) is 207 Å². The standard InChI is InChI=1S/C122H104N4O10/c1-59(2)71-23-21-24-72(60(3)4)111(71)125-115(129)85-55-91(133-67-35-27-63(28-36-67)119(9,10)11)101-79-47-43-75-77-45-49-83-105(109(77)123-89-53-51-81(95(79)99(75)89)103-93(57-87(117(125)131)97(85)107(101)103)135-69-39-31-65(32-40-69)121(15,16)17)113(127)84-50-46-78-76-44-48-80-96-82(52-54-90(100(76)96)124-110(78)106(84)114(83)128)104-94(136-70-41-33-66(34-42-70)122(18,19)20)58-88-98-86(56-92(102(80)108(98)104)134-68-37-29-64(30-38-68)120(12,13)14)116(130)126(118(88)132)112-73(61(5)6)25-22-26-74(112)62(7)8/h21-62,123-124H,1-20H3. The zero-order valence-electron chi connectivity index (χ0n) is 80.2. The summed E-state index contributed by atoms with van der Waals surface area (Å²) in [6.07, 6.45) is 0. The molecule has 0 aliphatic heterocycles. The number of H-pyrrole nitrogens is 2. The highest BCUT2D eigenvalue weighted by Gasteiger charge is 2.35. The maximum atomic E-state index is 16.4. The van der Waals surface area contributed by atoms with Crippen molar-refractivity contribution in [2.45, 2.75) is 184 Å². The van der Waals surface area contributed by atoms with Crippen LogP contribution in [-0.2, 0) is 21.7 Å². The number of benzene rings is 19. The van der Waals surface area contributed by atoms with Gasteiger partial charge in [-0.3, -0.25) is 28.8 Å². The Labute approximate surface area is 784 Å². The molecule has 23 rings (SSSR count). The highest BCUT2D eigenvalue weighted by molar-refractivity contribution is 6.45. The molecule has 0 atom stereocenters. The summed E-state index contributed by atoms with van der Waals surface area (Å²) in [5.41, 5.74) is 8.32. The van der Waals surface area contributed by atoms with Crippen molar-refractivity contribution in [2.24, 2.45) is 0 Å². The number of aromatic nitrogens is 4. The third-order valence-electron chi connectivity index (χ3n) is 29.2. The van der Waals surface area contributed by atoms with Gasteiger partial charge in [0.1, 0.15) is 46.0 Å². The van der Waals surface area contributed by atoms with Gasteiger partial charge in [0.2, 0.25) is 0 Å². The maximum Gasteiger partial charge on any atom is 0.266 e. The number of hydrogen-bond donors (Lipinski definition) is 2. The van der Waals surface area contributed by atoms with Crippen LogP contribution in [0.5, 0.6) is 46.0 Å². The van der Waals surface area contributed by atoms with E-state index >= 15 is 28.8 Å². The van der Waals surface area contributed by atoms with Crippen molar-refractivity contribution in [1.29, 1.82) is 0 Å². The Balaban J connectivity index is 0.764. The fraction of sp³-hybridized carbons (Fsp3) is 0.230. The Hall–Kier alpha value is -15.0. The highest BCUT2D eigenvalue weighted by Crippen LogP contribution is 2.57. The quantitative estimate of drug-likeness (QED) is 0.0785. The van der Waals surface area contributed by atoms with Gasteiger partial charge in [0, 0.05) is 97.2 Å². The summed E-state index contributed by atoms with van der Waals surface area (Å²) in [6, 6.07) is 75.8. The molecule has 0 fully saturated rings. The Morgan fingerprint density at radius 2 is 0.456 bits per heavy atom. The monoisotopic (exact) mass is 1780 g/mol. The Bertz CT molecular complexity index is 8610. The fourth-order valence-electron chi connectivity index (χ4n) is 22.2. The van der Waals surface area contributed by atoms with Gasteiger partial charge in [-0.2, -0.15) is 0 Å². The SMILES string of the molecule is CC(C)c1cccc(C(C)C)c1-n1c(=O)c2cc(Oc3ccc(C(C)(C)C)cc3)c3c4ccc5[nH]c6c(ccc7c(=O)c8c(ccc9c%10ccc%11c%12c(Oc%13ccc(C(C)(C)C)cc%13)cc%13c(=O)n(-c%14c(C(C)C)cccc%14C(C)C)c(=O)c%14cc(Oc%15ccc(C(C)(C)C)cc%15)c(c%15ccc([nH]c98)c%10c%15%11)c%12c%14%13)c(=O)c76)c6ccc(c7c(Oc8ccc(C(C)(C)C)cc8)cc(c1=O)c2c37)c4c56. The maximum absolute atomic E-state index is 16.4. The molecule has 136 heavy (non-hydrogen) atoms. The van der Waals surface area contributed by atoms with E-state index in [1.165, 1.54) is 9.13 Å². The number of fused-ring (bicyclic) bond motifs is 12. The Morgan fingerprint density at radius 3 is 0.706 bits per heavy atom. The minimum atomic E-state index is -0.464. The van der Waals surface area contributed by atoms with Crippen LogP contribution < -0.4 is 52.0 Å². The number of hydrogen-bond acceptors (Lipinski definition) is 10. The molecule has 2 N–H and O–H groups in total. The summed E-state index contributed by atoms with van der Waals surface area (Å²) < 4.78 is 32.1. The van der Waals surface area contributed by atoms with Crippen LogP contribution in [-0.4, -0.2) is 19.1 Å². The summed E-state index contributed by atoms with van der Waals surface area (Å²) in [6.45, 7) is 42.8. The molecule has 672 valence electrons. The number of aromatic amines is 2. The molecule has 4 heterocycles. The van der Waals surface area contributed by atoms with E-state index < -0.39 is 22.2 Å². The molecule has 0 aliphatic rings. The number of pyridine rings is 4. The lowest BCUT2D eigenvalue weighted by atomic mass is 9.84. The molecule has 4 aromatic heterocycles. The van der Waals surface area contributed by atoms with Crippen molar-refractivity contribution in [3.8, 4) is 57.4 Å². The van der Waals surface area contributed by atoms with Crippen LogP contribution in [0.25, 0.3) is 184 Å². The molecule has 23 aromatic rings. The molecule has 0 spiro atoms. The van der Waals surface area contributed by atoms with Gasteiger partial charge < -0.3 is 28.9 Å². The number of nitrogens with zero attached hydrogens (tertiary/aromatic N) is 2. The second-order valence-electron chi connectivity index (χ2n) is 43.1. The average molecular weight is 1790 g/mol. The van der Waals surface area contributed by atoms with Gasteiger partial charge in [0.25, 0.3) is 22.2 Å². The molecule has 0 radical (unpaired) electrons. The van der Waals surface area contributed by atoms with E-state index in [2.05, 4.69) is 233 Å². The van der Waals surface area contributed by atoms with Crippen LogP contribution in [0.15, 0.2) is 259 Å². The number of nitrogens with one attached hydrogen (secondary N) is 2. The first-order valence-corrected chi connectivity index (χ1v) is 47.5. The molecule has 0 aliphatic carbocycles. The lowest BCUT2D eigenvalue weighted by molar-refractivity contribution is 0.486. The number of para-hydroxylation sites is 2. The molecule has 0 saturated carbocycles. The third-order valence-corrected chi connectivity index (χ3v) is 29.2. The molecule has 14 heteroatoms. The van der Waals surface area contributed by atoms with Gasteiger partial charge in [-0.1, -0.05) is 272 Å². The van der Waals surface area contributed by atoms with Gasteiger partial charge >= 0.3 is 0 Å². The second-order valence-corrected chi connectivity index (χ2v) is 43.1. The number of rotatable bonds is 14. The smallest absolute Gasteiger partial charge is 0.266 e. The van der Waals surface area contributed by atoms with Crippen LogP contribution in [0.4, 0.5) is 0 Å². The zero-order chi connectivity index (χ0) is 94.9. The first-order chi connectivity index (χ1) is 64.8. The van der Waals surface area contributed by atoms with Crippen molar-refractivity contribution in [3.63, 3.8) is 0 Å². The van der Waals surface area contributed by atoms with Crippen molar-refractivity contribution in [1.82, 2.24) is 19.1 Å². The normalized spacial score (nSPS) is 13.0. The van der Waals surface area contributed by atoms with Gasteiger partial charge in [-0.05, 0) is 219 Å². The predicted molar refractivity (Wildman–Crippen MR) is 565 cm³/mol. The van der Waals surface area contributed by atoms with Crippen molar-refractivity contribution in [2.75, 3.05) is 0 Å². The van der Waals surface area contributed by atoms with E-state index in [4.69, 9.17) is 18.9 Å². The van der Waals surface area contributed by atoms with E-state index in [1.54, 1.807) is 12.1 Å². The van der Waals surface area contributed by atoms with Gasteiger partial charge in [-0.15, -0.1) is 0 Å². The molecular formula is C122H104N4O10. The largest absolute Gasteiger partial charge is 0.457 e. The molecule has 0 saturated heterocycles. The lowest BCUT2D eigenvalue weighted by Crippen LogP contribution is -2.34. The summed E-state index contributed by atoms with van der Waals surface area (Å²) in [4.78, 5) is 105. The van der Waals surface area contributed by atoms with Crippen LogP contribution in [0.3, 0.4) is 0 Å². The minimum Gasteiger partial charge on any atom is -0.457 e.